The maximum atomic E-state index is 13.2. The second-order valence-electron chi connectivity index (χ2n) is 6.53. The predicted molar refractivity (Wildman–Crippen MR) is 90.3 cm³/mol. The quantitative estimate of drug-likeness (QED) is 0.736. The maximum absolute atomic E-state index is 13.2. The summed E-state index contributed by atoms with van der Waals surface area (Å²) < 4.78 is 0. The van der Waals surface area contributed by atoms with Gasteiger partial charge < -0.3 is 0 Å². The Balaban J connectivity index is 1.76. The fourth-order valence-corrected chi connectivity index (χ4v) is 5.35. The van der Waals surface area contributed by atoms with Crippen molar-refractivity contribution in [1.29, 1.82) is 0 Å². The third kappa shape index (κ3) is 1.56. The van der Waals surface area contributed by atoms with E-state index >= 15 is 0 Å². The van der Waals surface area contributed by atoms with Crippen molar-refractivity contribution in [2.24, 2.45) is 23.7 Å². The van der Waals surface area contributed by atoms with Gasteiger partial charge in [-0.15, -0.1) is 0 Å². The first-order valence-corrected chi connectivity index (χ1v) is 8.83. The molecule has 108 valence electrons. The van der Waals surface area contributed by atoms with E-state index in [1.54, 1.807) is 11.3 Å². The third-order valence-corrected chi connectivity index (χ3v) is 6.19. The number of allylic oxidation sites excluding steroid dienone is 4. The van der Waals surface area contributed by atoms with Crippen molar-refractivity contribution in [3.63, 3.8) is 0 Å². The lowest BCUT2D eigenvalue weighted by atomic mass is 9.80. The van der Waals surface area contributed by atoms with E-state index < -0.39 is 0 Å². The molecular formula is C20H16OS. The summed E-state index contributed by atoms with van der Waals surface area (Å²) in [6, 6.07) is 12.4. The summed E-state index contributed by atoms with van der Waals surface area (Å²) in [6.07, 6.45) is 5.79. The lowest BCUT2D eigenvalue weighted by Gasteiger charge is -2.22. The Morgan fingerprint density at radius 2 is 1.68 bits per heavy atom. The molecule has 0 radical (unpaired) electrons. The molecule has 0 aliphatic heterocycles. The molecule has 2 bridgehead atoms. The molecule has 0 spiro atoms. The van der Waals surface area contributed by atoms with Gasteiger partial charge in [0.2, 0.25) is 0 Å². The van der Waals surface area contributed by atoms with Crippen molar-refractivity contribution >= 4 is 28.3 Å². The first-order valence-electron chi connectivity index (χ1n) is 7.89. The Hall–Kier alpha value is -1.93. The molecule has 0 amide bonds. The van der Waals surface area contributed by atoms with Crippen molar-refractivity contribution in [1.82, 2.24) is 0 Å². The molecule has 0 N–H and O–H groups in total. The van der Waals surface area contributed by atoms with Gasteiger partial charge in [0.1, 0.15) is 0 Å². The molecule has 3 aliphatic carbocycles. The molecule has 22 heavy (non-hydrogen) atoms. The molecule has 1 fully saturated rings. The van der Waals surface area contributed by atoms with Crippen LogP contribution in [0.2, 0.25) is 0 Å². The van der Waals surface area contributed by atoms with Gasteiger partial charge in [0, 0.05) is 17.4 Å². The molecule has 2 heteroatoms. The summed E-state index contributed by atoms with van der Waals surface area (Å²) in [5, 5.41) is 4.31. The van der Waals surface area contributed by atoms with Crippen LogP contribution in [0.15, 0.2) is 59.3 Å². The highest BCUT2D eigenvalue weighted by Crippen LogP contribution is 2.60. The first kappa shape index (κ1) is 12.6. The third-order valence-electron chi connectivity index (χ3n) is 5.51. The number of thiophene rings is 1. The molecule has 1 saturated carbocycles. The fourth-order valence-electron chi connectivity index (χ4n) is 4.70. The molecule has 3 aliphatic rings. The van der Waals surface area contributed by atoms with Crippen molar-refractivity contribution in [3.8, 4) is 0 Å². The van der Waals surface area contributed by atoms with Crippen molar-refractivity contribution < 1.29 is 4.79 Å². The summed E-state index contributed by atoms with van der Waals surface area (Å²) in [4.78, 5) is 13.2. The van der Waals surface area contributed by atoms with Gasteiger partial charge in [-0.25, -0.2) is 0 Å². The van der Waals surface area contributed by atoms with E-state index in [0.717, 1.165) is 17.6 Å². The Bertz CT molecular complexity index is 797. The molecule has 1 aromatic carbocycles. The van der Waals surface area contributed by atoms with Crippen LogP contribution in [-0.4, -0.2) is 5.78 Å². The minimum absolute atomic E-state index is 0.181. The van der Waals surface area contributed by atoms with Crippen LogP contribution >= 0.6 is 11.3 Å². The summed E-state index contributed by atoms with van der Waals surface area (Å²) in [5.74, 6) is 1.95. The van der Waals surface area contributed by atoms with E-state index in [1.807, 2.05) is 18.2 Å². The van der Waals surface area contributed by atoms with Gasteiger partial charge in [-0.05, 0) is 51.8 Å². The Morgan fingerprint density at radius 3 is 2.41 bits per heavy atom. The smallest absolute Gasteiger partial charge is 0.168 e. The first-order chi connectivity index (χ1) is 10.8. The second-order valence-corrected chi connectivity index (χ2v) is 7.31. The van der Waals surface area contributed by atoms with Gasteiger partial charge in [-0.1, -0.05) is 42.5 Å². The van der Waals surface area contributed by atoms with Crippen LogP contribution in [0.25, 0.3) is 11.1 Å². The fraction of sp³-hybridized carbons (Fsp3) is 0.250. The monoisotopic (exact) mass is 304 g/mol. The van der Waals surface area contributed by atoms with Gasteiger partial charge in [0.15, 0.2) is 5.78 Å². The largest absolute Gasteiger partial charge is 0.294 e. The Morgan fingerprint density at radius 1 is 0.909 bits per heavy atom. The van der Waals surface area contributed by atoms with Crippen molar-refractivity contribution in [2.45, 2.75) is 6.42 Å². The normalized spacial score (nSPS) is 32.1. The van der Waals surface area contributed by atoms with E-state index in [9.17, 15) is 4.79 Å². The zero-order chi connectivity index (χ0) is 14.7. The van der Waals surface area contributed by atoms with E-state index in [0.29, 0.717) is 23.5 Å². The molecule has 0 unspecified atom stereocenters. The molecule has 5 rings (SSSR count). The van der Waals surface area contributed by atoms with Crippen LogP contribution in [0.3, 0.4) is 0 Å². The minimum atomic E-state index is 0.181. The van der Waals surface area contributed by atoms with Gasteiger partial charge in [0.25, 0.3) is 0 Å². The highest BCUT2D eigenvalue weighted by molar-refractivity contribution is 7.08. The number of hydrogen-bond acceptors (Lipinski definition) is 2. The summed E-state index contributed by atoms with van der Waals surface area (Å²) in [7, 11) is 0. The van der Waals surface area contributed by atoms with E-state index in [4.69, 9.17) is 0 Å². The van der Waals surface area contributed by atoms with E-state index in [1.165, 1.54) is 11.1 Å². The van der Waals surface area contributed by atoms with Gasteiger partial charge in [-0.3, -0.25) is 4.79 Å². The number of carbonyl (C=O) groups excluding carboxylic acids is 1. The average Bonchev–Trinajstić information content (AvgIpc) is 3.31. The Labute approximate surface area is 134 Å². The molecular weight excluding hydrogens is 288 g/mol. The molecule has 1 nitrogen and oxygen atoms in total. The summed E-state index contributed by atoms with van der Waals surface area (Å²) >= 11 is 1.72. The van der Waals surface area contributed by atoms with E-state index in [-0.39, 0.29) is 5.92 Å². The van der Waals surface area contributed by atoms with Gasteiger partial charge >= 0.3 is 0 Å². The maximum Gasteiger partial charge on any atom is 0.168 e. The minimum Gasteiger partial charge on any atom is -0.294 e. The zero-order valence-electron chi connectivity index (χ0n) is 12.1. The number of rotatable bonds is 2. The second kappa shape index (κ2) is 4.53. The van der Waals surface area contributed by atoms with Crippen LogP contribution < -0.4 is 0 Å². The van der Waals surface area contributed by atoms with Crippen molar-refractivity contribution in [2.75, 3.05) is 0 Å². The van der Waals surface area contributed by atoms with Gasteiger partial charge in [-0.2, -0.15) is 11.3 Å². The Kier molecular flexibility index (Phi) is 2.59. The predicted octanol–water partition coefficient (Wildman–Crippen LogP) is 4.68. The zero-order valence-corrected chi connectivity index (χ0v) is 12.9. The highest BCUT2D eigenvalue weighted by Gasteiger charge is 2.55. The molecule has 0 saturated heterocycles. The topological polar surface area (TPSA) is 17.1 Å². The van der Waals surface area contributed by atoms with E-state index in [2.05, 4.69) is 41.1 Å². The molecule has 4 atom stereocenters. The van der Waals surface area contributed by atoms with Crippen molar-refractivity contribution in [3.05, 3.63) is 70.4 Å². The number of ketones is 1. The summed E-state index contributed by atoms with van der Waals surface area (Å²) in [5.41, 5.74) is 4.62. The number of carbonyl (C=O) groups is 1. The average molecular weight is 304 g/mol. The number of benzene rings is 1. The number of Topliss-reactive ketones (excluding diaryl/α,β-unsaturated/α-hetero) is 1. The molecule has 1 aromatic heterocycles. The number of hydrogen-bond donors (Lipinski definition) is 0. The SMILES string of the molecule is O=C1C(c2ccccc2)=C(c2ccsc2)[C@@H]2[C@H]1[C@H]1C=C[C@@H]2C1. The van der Waals surface area contributed by atoms with Crippen LogP contribution in [0, 0.1) is 23.7 Å². The van der Waals surface area contributed by atoms with Crippen LogP contribution in [0.4, 0.5) is 0 Å². The standard InChI is InChI=1S/C20H16OS/c21-20-18(12-4-2-1-3-5-12)17(15-8-9-22-11-15)16-13-6-7-14(10-13)19(16)20/h1-9,11,13-14,16,19H,10H2/t13-,14+,16-,19-/m1/s1. The van der Waals surface area contributed by atoms with Crippen LogP contribution in [0.1, 0.15) is 17.5 Å². The highest BCUT2D eigenvalue weighted by atomic mass is 32.1. The van der Waals surface area contributed by atoms with Crippen LogP contribution in [0.5, 0.6) is 0 Å². The summed E-state index contributed by atoms with van der Waals surface area (Å²) in [6.45, 7) is 0. The lowest BCUT2D eigenvalue weighted by molar-refractivity contribution is -0.117. The number of fused-ring (bicyclic) bond motifs is 5. The molecule has 2 aromatic rings. The van der Waals surface area contributed by atoms with Crippen LogP contribution in [-0.2, 0) is 4.79 Å². The van der Waals surface area contributed by atoms with Gasteiger partial charge in [0.05, 0.1) is 0 Å². The molecule has 1 heterocycles. The lowest BCUT2D eigenvalue weighted by Crippen LogP contribution is -2.21.